The molecule has 0 amide bonds. The Morgan fingerprint density at radius 2 is 2.28 bits per heavy atom. The zero-order valence-corrected chi connectivity index (χ0v) is 12.1. The van der Waals surface area contributed by atoms with E-state index in [1.165, 1.54) is 0 Å². The van der Waals surface area contributed by atoms with Crippen LogP contribution in [0.15, 0.2) is 33.3 Å². The van der Waals surface area contributed by atoms with E-state index in [1.54, 1.807) is 12.1 Å². The first kappa shape index (κ1) is 13.4. The molecule has 0 spiro atoms. The third-order valence-electron chi connectivity index (χ3n) is 2.23. The lowest BCUT2D eigenvalue weighted by molar-refractivity contribution is 0.248. The van der Waals surface area contributed by atoms with E-state index in [0.717, 1.165) is 10.2 Å². The second-order valence-electron chi connectivity index (χ2n) is 3.68. The van der Waals surface area contributed by atoms with E-state index < -0.39 is 0 Å². The average Bonchev–Trinajstić information content (AvgIpc) is 2.76. The normalized spacial score (nSPS) is 10.6. The van der Waals surface area contributed by atoms with Crippen LogP contribution in [0, 0.1) is 0 Å². The van der Waals surface area contributed by atoms with Gasteiger partial charge in [-0.25, -0.2) is 0 Å². The molecule has 1 heterocycles. The lowest BCUT2D eigenvalue weighted by atomic mass is 10.3. The van der Waals surface area contributed by atoms with Crippen molar-refractivity contribution in [1.29, 1.82) is 0 Å². The van der Waals surface area contributed by atoms with Gasteiger partial charge in [0.25, 0.3) is 0 Å². The first-order chi connectivity index (χ1) is 8.69. The molecule has 2 rings (SSSR count). The van der Waals surface area contributed by atoms with Crippen LogP contribution in [0.1, 0.15) is 11.5 Å². The molecule has 0 aliphatic carbocycles. The number of rotatable bonds is 5. The van der Waals surface area contributed by atoms with Crippen LogP contribution >= 0.6 is 27.5 Å². The van der Waals surface area contributed by atoms with Crippen LogP contribution in [0.2, 0.25) is 5.02 Å². The van der Waals surface area contributed by atoms with Crippen molar-refractivity contribution in [2.45, 2.75) is 13.2 Å². The molecule has 6 heteroatoms. The SMILES string of the molecule is CNCc1cc(COc2ccc(Br)cc2Cl)on1. The molecule has 0 fully saturated rings. The van der Waals surface area contributed by atoms with Crippen LogP contribution in [-0.4, -0.2) is 12.2 Å². The number of nitrogens with one attached hydrogen (secondary N) is 1. The van der Waals surface area contributed by atoms with Gasteiger partial charge in [-0.05, 0) is 25.2 Å². The number of nitrogens with zero attached hydrogens (tertiary/aromatic N) is 1. The molecule has 96 valence electrons. The monoisotopic (exact) mass is 330 g/mol. The summed E-state index contributed by atoms with van der Waals surface area (Å²) in [6.45, 7) is 0.973. The standard InChI is InChI=1S/C12H12BrClN2O2/c1-15-6-9-5-10(18-16-9)7-17-12-3-2-8(13)4-11(12)14/h2-5,15H,6-7H2,1H3. The van der Waals surface area contributed by atoms with Gasteiger partial charge in [-0.1, -0.05) is 32.7 Å². The maximum absolute atomic E-state index is 6.04. The van der Waals surface area contributed by atoms with Crippen molar-refractivity contribution in [1.82, 2.24) is 10.5 Å². The molecule has 2 aromatic rings. The lowest BCUT2D eigenvalue weighted by Crippen LogP contribution is -2.04. The van der Waals surface area contributed by atoms with Crippen LogP contribution in [0.5, 0.6) is 5.75 Å². The smallest absolute Gasteiger partial charge is 0.174 e. The summed E-state index contributed by atoms with van der Waals surface area (Å²) in [6.07, 6.45) is 0. The molecule has 1 aromatic carbocycles. The Kier molecular flexibility index (Phi) is 4.63. The van der Waals surface area contributed by atoms with Crippen LogP contribution in [-0.2, 0) is 13.2 Å². The van der Waals surface area contributed by atoms with Crippen molar-refractivity contribution in [3.05, 3.63) is 45.2 Å². The highest BCUT2D eigenvalue weighted by molar-refractivity contribution is 9.10. The minimum Gasteiger partial charge on any atom is -0.484 e. The Morgan fingerprint density at radius 1 is 1.44 bits per heavy atom. The Morgan fingerprint density at radius 3 is 3.00 bits per heavy atom. The summed E-state index contributed by atoms with van der Waals surface area (Å²) < 4.78 is 11.6. The molecule has 0 aliphatic rings. The average molecular weight is 332 g/mol. The van der Waals surface area contributed by atoms with Gasteiger partial charge in [0, 0.05) is 17.1 Å². The minimum atomic E-state index is 0.304. The molecule has 1 aromatic heterocycles. The molecular weight excluding hydrogens is 320 g/mol. The van der Waals surface area contributed by atoms with Crippen molar-refractivity contribution < 1.29 is 9.26 Å². The third kappa shape index (κ3) is 3.48. The maximum Gasteiger partial charge on any atom is 0.174 e. The topological polar surface area (TPSA) is 47.3 Å². The number of benzene rings is 1. The number of halogens is 2. The predicted octanol–water partition coefficient (Wildman–Crippen LogP) is 3.39. The molecule has 0 bridgehead atoms. The van der Waals surface area contributed by atoms with E-state index in [1.807, 2.05) is 19.2 Å². The number of ether oxygens (including phenoxy) is 1. The Balaban J connectivity index is 1.97. The predicted molar refractivity (Wildman–Crippen MR) is 72.8 cm³/mol. The highest BCUT2D eigenvalue weighted by atomic mass is 79.9. The van der Waals surface area contributed by atoms with Crippen LogP contribution < -0.4 is 10.1 Å². The summed E-state index contributed by atoms with van der Waals surface area (Å²) in [7, 11) is 1.85. The molecule has 0 unspecified atom stereocenters. The van der Waals surface area contributed by atoms with E-state index in [9.17, 15) is 0 Å². The van der Waals surface area contributed by atoms with Crippen molar-refractivity contribution in [2.75, 3.05) is 7.05 Å². The van der Waals surface area contributed by atoms with E-state index in [4.69, 9.17) is 20.9 Å². The summed E-state index contributed by atoms with van der Waals surface area (Å²) in [5.74, 6) is 1.28. The number of hydrogen-bond donors (Lipinski definition) is 1. The fourth-order valence-electron chi connectivity index (χ4n) is 1.43. The van der Waals surface area contributed by atoms with Gasteiger partial charge in [0.1, 0.15) is 12.4 Å². The van der Waals surface area contributed by atoms with Crippen molar-refractivity contribution in [3.8, 4) is 5.75 Å². The second kappa shape index (κ2) is 6.22. The van der Waals surface area contributed by atoms with Gasteiger partial charge in [-0.3, -0.25) is 0 Å². The zero-order chi connectivity index (χ0) is 13.0. The van der Waals surface area contributed by atoms with E-state index >= 15 is 0 Å². The molecule has 0 atom stereocenters. The lowest BCUT2D eigenvalue weighted by Gasteiger charge is -2.05. The Bertz CT molecular complexity index is 531. The number of hydrogen-bond acceptors (Lipinski definition) is 4. The highest BCUT2D eigenvalue weighted by Gasteiger charge is 2.06. The zero-order valence-electron chi connectivity index (χ0n) is 9.74. The summed E-state index contributed by atoms with van der Waals surface area (Å²) in [6, 6.07) is 7.30. The fraction of sp³-hybridized carbons (Fsp3) is 0.250. The minimum absolute atomic E-state index is 0.304. The maximum atomic E-state index is 6.04. The van der Waals surface area contributed by atoms with Crippen LogP contribution in [0.4, 0.5) is 0 Å². The first-order valence-electron chi connectivity index (χ1n) is 5.36. The van der Waals surface area contributed by atoms with Crippen molar-refractivity contribution in [3.63, 3.8) is 0 Å². The Hall–Kier alpha value is -1.04. The molecule has 1 N–H and O–H groups in total. The van der Waals surface area contributed by atoms with Crippen LogP contribution in [0.3, 0.4) is 0 Å². The van der Waals surface area contributed by atoms with Gasteiger partial charge >= 0.3 is 0 Å². The van der Waals surface area contributed by atoms with E-state index in [2.05, 4.69) is 26.4 Å². The molecule has 18 heavy (non-hydrogen) atoms. The van der Waals surface area contributed by atoms with Gasteiger partial charge in [0.15, 0.2) is 5.76 Å². The van der Waals surface area contributed by atoms with Crippen molar-refractivity contribution in [2.24, 2.45) is 0 Å². The van der Waals surface area contributed by atoms with Gasteiger partial charge in [0.05, 0.1) is 10.7 Å². The van der Waals surface area contributed by atoms with Crippen molar-refractivity contribution >= 4 is 27.5 Å². The second-order valence-corrected chi connectivity index (χ2v) is 5.00. The molecule has 0 radical (unpaired) electrons. The molecule has 0 aliphatic heterocycles. The summed E-state index contributed by atoms with van der Waals surface area (Å²) in [5.41, 5.74) is 0.845. The summed E-state index contributed by atoms with van der Waals surface area (Å²) in [5, 5.41) is 7.45. The first-order valence-corrected chi connectivity index (χ1v) is 6.53. The summed E-state index contributed by atoms with van der Waals surface area (Å²) >= 11 is 9.38. The molecule has 4 nitrogen and oxygen atoms in total. The van der Waals surface area contributed by atoms with Gasteiger partial charge in [-0.2, -0.15) is 0 Å². The van der Waals surface area contributed by atoms with E-state index in [-0.39, 0.29) is 0 Å². The summed E-state index contributed by atoms with van der Waals surface area (Å²) in [4.78, 5) is 0. The fourth-order valence-corrected chi connectivity index (χ4v) is 2.16. The van der Waals surface area contributed by atoms with E-state index in [0.29, 0.717) is 29.7 Å². The van der Waals surface area contributed by atoms with Crippen LogP contribution in [0.25, 0.3) is 0 Å². The number of aromatic nitrogens is 1. The highest BCUT2D eigenvalue weighted by Crippen LogP contribution is 2.28. The quantitative estimate of drug-likeness (QED) is 0.912. The third-order valence-corrected chi connectivity index (χ3v) is 3.02. The van der Waals surface area contributed by atoms with Gasteiger partial charge in [-0.15, -0.1) is 0 Å². The van der Waals surface area contributed by atoms with Gasteiger partial charge < -0.3 is 14.6 Å². The molecular formula is C12H12BrClN2O2. The largest absolute Gasteiger partial charge is 0.484 e. The van der Waals surface area contributed by atoms with Gasteiger partial charge in [0.2, 0.25) is 0 Å². The molecule has 0 saturated carbocycles. The Labute approximate surface area is 118 Å². The molecule has 0 saturated heterocycles.